The first kappa shape index (κ1) is 23.5. The van der Waals surface area contributed by atoms with Crippen LogP contribution in [0.25, 0.3) is 6.08 Å². The van der Waals surface area contributed by atoms with Crippen LogP contribution in [0.15, 0.2) is 75.8 Å². The Morgan fingerprint density at radius 2 is 1.85 bits per heavy atom. The lowest BCUT2D eigenvalue weighted by molar-refractivity contribution is -0.384. The summed E-state index contributed by atoms with van der Waals surface area (Å²) in [5.41, 5.74) is 2.07. The van der Waals surface area contributed by atoms with Crippen LogP contribution in [-0.2, 0) is 16.1 Å². The smallest absolute Gasteiger partial charge is 0.363 e. The van der Waals surface area contributed by atoms with Crippen LogP contribution in [0.3, 0.4) is 0 Å². The summed E-state index contributed by atoms with van der Waals surface area (Å²) >= 11 is 9.79. The number of esters is 1. The second-order valence-corrected chi connectivity index (χ2v) is 8.41. The third-order valence-corrected chi connectivity index (χ3v) is 5.61. The molecule has 0 N–H and O–H groups in total. The van der Waals surface area contributed by atoms with Crippen molar-refractivity contribution in [2.45, 2.75) is 6.61 Å². The summed E-state index contributed by atoms with van der Waals surface area (Å²) in [6.45, 7) is 0.127. The predicted molar refractivity (Wildman–Crippen MR) is 130 cm³/mol. The van der Waals surface area contributed by atoms with Crippen LogP contribution in [0.1, 0.15) is 16.7 Å². The number of non-ortho nitro benzene ring substituents is 1. The number of hydrogen-bond acceptors (Lipinski definition) is 7. The van der Waals surface area contributed by atoms with E-state index in [2.05, 4.69) is 20.9 Å². The summed E-state index contributed by atoms with van der Waals surface area (Å²) in [4.78, 5) is 26.9. The number of carbonyl (C=O) groups excluding carboxylic acids is 1. The van der Waals surface area contributed by atoms with Gasteiger partial charge < -0.3 is 14.2 Å². The molecule has 1 heterocycles. The fourth-order valence-corrected chi connectivity index (χ4v) is 3.65. The summed E-state index contributed by atoms with van der Waals surface area (Å²) in [5.74, 6) is 0.291. The zero-order chi connectivity index (χ0) is 24.2. The van der Waals surface area contributed by atoms with Gasteiger partial charge in [0.05, 0.1) is 17.1 Å². The number of rotatable bonds is 7. The van der Waals surface area contributed by atoms with E-state index < -0.39 is 10.9 Å². The highest BCUT2D eigenvalue weighted by atomic mass is 79.9. The van der Waals surface area contributed by atoms with Crippen molar-refractivity contribution in [3.63, 3.8) is 0 Å². The number of methoxy groups -OCH3 is 1. The second-order valence-electron chi connectivity index (χ2n) is 7.09. The van der Waals surface area contributed by atoms with Crippen molar-refractivity contribution in [1.29, 1.82) is 0 Å². The molecule has 34 heavy (non-hydrogen) atoms. The first-order chi connectivity index (χ1) is 16.3. The van der Waals surface area contributed by atoms with Gasteiger partial charge in [-0.1, -0.05) is 27.5 Å². The average molecular weight is 544 g/mol. The van der Waals surface area contributed by atoms with Gasteiger partial charge in [-0.3, -0.25) is 10.1 Å². The van der Waals surface area contributed by atoms with Gasteiger partial charge in [-0.25, -0.2) is 9.79 Å². The van der Waals surface area contributed by atoms with Crippen molar-refractivity contribution >= 4 is 51.2 Å². The van der Waals surface area contributed by atoms with Gasteiger partial charge >= 0.3 is 5.97 Å². The molecule has 0 unspecified atom stereocenters. The lowest BCUT2D eigenvalue weighted by Crippen LogP contribution is -2.05. The number of cyclic esters (lactones) is 1. The standard InChI is InChI=1S/C24H16BrClN2O6/c1-32-21-12-15(11-20-24(29)34-23(27-20)16-4-6-17(25)7-5-16)10-19(26)22(21)33-13-14-2-8-18(9-3-14)28(30)31/h2-12H,13H2,1H3/b20-11-. The third-order valence-electron chi connectivity index (χ3n) is 4.80. The molecule has 3 aromatic rings. The van der Waals surface area contributed by atoms with Crippen LogP contribution >= 0.6 is 27.5 Å². The summed E-state index contributed by atoms with van der Waals surface area (Å²) in [6, 6.07) is 16.5. The molecule has 1 aliphatic rings. The van der Waals surface area contributed by atoms with Crippen molar-refractivity contribution in [1.82, 2.24) is 0 Å². The quantitative estimate of drug-likeness (QED) is 0.158. The van der Waals surface area contributed by atoms with Crippen molar-refractivity contribution in [2.24, 2.45) is 4.99 Å². The maximum absolute atomic E-state index is 12.3. The number of aliphatic imine (C=N–C) groups is 1. The number of nitrogens with zero attached hydrogens (tertiary/aromatic N) is 2. The zero-order valence-electron chi connectivity index (χ0n) is 17.7. The summed E-state index contributed by atoms with van der Waals surface area (Å²) in [7, 11) is 1.47. The predicted octanol–water partition coefficient (Wildman–Crippen LogP) is 5.94. The maximum atomic E-state index is 12.3. The van der Waals surface area contributed by atoms with Crippen molar-refractivity contribution in [3.8, 4) is 11.5 Å². The molecule has 0 saturated carbocycles. The first-order valence-corrected chi connectivity index (χ1v) is 11.0. The van der Waals surface area contributed by atoms with Crippen molar-refractivity contribution in [2.75, 3.05) is 7.11 Å². The van der Waals surface area contributed by atoms with E-state index >= 15 is 0 Å². The van der Waals surface area contributed by atoms with Crippen LogP contribution in [-0.4, -0.2) is 23.9 Å². The molecule has 0 bridgehead atoms. The average Bonchev–Trinajstić information content (AvgIpc) is 3.18. The summed E-state index contributed by atoms with van der Waals surface area (Å²) in [6.07, 6.45) is 1.54. The third kappa shape index (κ3) is 5.27. The van der Waals surface area contributed by atoms with Gasteiger partial charge in [0.15, 0.2) is 17.2 Å². The minimum atomic E-state index is -0.577. The monoisotopic (exact) mass is 542 g/mol. The second kappa shape index (κ2) is 10.1. The minimum Gasteiger partial charge on any atom is -0.493 e. The molecule has 0 saturated heterocycles. The fourth-order valence-electron chi connectivity index (χ4n) is 3.12. The molecule has 0 fully saturated rings. The molecule has 0 radical (unpaired) electrons. The Bertz CT molecular complexity index is 1320. The van der Waals surface area contributed by atoms with Gasteiger partial charge in [0.2, 0.25) is 5.90 Å². The van der Waals surface area contributed by atoms with Crippen LogP contribution in [0.2, 0.25) is 5.02 Å². The number of nitro benzene ring substituents is 1. The molecule has 172 valence electrons. The van der Waals surface area contributed by atoms with Gasteiger partial charge in [-0.15, -0.1) is 0 Å². The van der Waals surface area contributed by atoms with E-state index in [-0.39, 0.29) is 28.9 Å². The molecule has 4 rings (SSSR count). The van der Waals surface area contributed by atoms with E-state index in [0.29, 0.717) is 22.6 Å². The van der Waals surface area contributed by atoms with Gasteiger partial charge in [0.1, 0.15) is 6.61 Å². The lowest BCUT2D eigenvalue weighted by Gasteiger charge is -2.13. The molecular formula is C24H16BrClN2O6. The fraction of sp³-hybridized carbons (Fsp3) is 0.0833. The van der Waals surface area contributed by atoms with Gasteiger partial charge in [0.25, 0.3) is 5.69 Å². The Balaban J connectivity index is 1.55. The van der Waals surface area contributed by atoms with Crippen molar-refractivity contribution in [3.05, 3.63) is 103 Å². The summed E-state index contributed by atoms with van der Waals surface area (Å²) in [5, 5.41) is 11.1. The number of benzene rings is 3. The molecule has 0 atom stereocenters. The Morgan fingerprint density at radius 3 is 2.50 bits per heavy atom. The molecule has 0 spiro atoms. The SMILES string of the molecule is COc1cc(/C=C2\N=C(c3ccc(Br)cc3)OC2=O)cc(Cl)c1OCc1ccc([N+](=O)[O-])cc1. The van der Waals surface area contributed by atoms with E-state index in [1.54, 1.807) is 42.5 Å². The van der Waals surface area contributed by atoms with E-state index in [9.17, 15) is 14.9 Å². The van der Waals surface area contributed by atoms with Gasteiger partial charge in [-0.2, -0.15) is 0 Å². The van der Waals surface area contributed by atoms with Crippen molar-refractivity contribution < 1.29 is 23.9 Å². The highest BCUT2D eigenvalue weighted by molar-refractivity contribution is 9.10. The number of hydrogen-bond donors (Lipinski definition) is 0. The molecule has 0 aliphatic carbocycles. The number of ether oxygens (including phenoxy) is 3. The molecule has 0 aromatic heterocycles. The Hall–Kier alpha value is -3.69. The Kier molecular flexibility index (Phi) is 6.95. The van der Waals surface area contributed by atoms with Gasteiger partial charge in [0, 0.05) is 22.2 Å². The summed E-state index contributed by atoms with van der Waals surface area (Å²) < 4.78 is 17.4. The van der Waals surface area contributed by atoms with Gasteiger partial charge in [-0.05, 0) is 65.7 Å². The molecule has 3 aromatic carbocycles. The molecular weight excluding hydrogens is 528 g/mol. The van der Waals surface area contributed by atoms with E-state index in [1.807, 2.05) is 12.1 Å². The minimum absolute atomic E-state index is 0.00635. The number of carbonyl (C=O) groups is 1. The Labute approximate surface area is 207 Å². The normalized spacial score (nSPS) is 14.0. The molecule has 8 nitrogen and oxygen atoms in total. The zero-order valence-corrected chi connectivity index (χ0v) is 20.0. The topological polar surface area (TPSA) is 100 Å². The van der Waals surface area contributed by atoms with E-state index in [1.165, 1.54) is 19.2 Å². The van der Waals surface area contributed by atoms with E-state index in [4.69, 9.17) is 25.8 Å². The highest BCUT2D eigenvalue weighted by Gasteiger charge is 2.24. The molecule has 0 amide bonds. The number of halogens is 2. The maximum Gasteiger partial charge on any atom is 0.363 e. The Morgan fingerprint density at radius 1 is 1.15 bits per heavy atom. The van der Waals surface area contributed by atoms with Crippen LogP contribution in [0.5, 0.6) is 11.5 Å². The van der Waals surface area contributed by atoms with Crippen LogP contribution in [0.4, 0.5) is 5.69 Å². The molecule has 1 aliphatic heterocycles. The first-order valence-electron chi connectivity index (χ1n) is 9.86. The largest absolute Gasteiger partial charge is 0.493 e. The number of nitro groups is 1. The van der Waals surface area contributed by atoms with Crippen LogP contribution in [0, 0.1) is 10.1 Å². The highest BCUT2D eigenvalue weighted by Crippen LogP contribution is 2.38. The molecule has 10 heteroatoms. The van der Waals surface area contributed by atoms with Crippen LogP contribution < -0.4 is 9.47 Å². The van der Waals surface area contributed by atoms with E-state index in [0.717, 1.165) is 10.0 Å². The lowest BCUT2D eigenvalue weighted by atomic mass is 10.1.